The first-order valence-corrected chi connectivity index (χ1v) is 0. The minimum Gasteiger partial charge on any atom is -3.00 e. The molecule has 0 nitrogen and oxygen atoms in total. The van der Waals surface area contributed by atoms with Crippen LogP contribution in [-0.4, -0.2) is 63.0 Å². The average Bonchev–Trinajstić information content (AvgIpc) is 0. The molecule has 0 amide bonds. The van der Waals surface area contributed by atoms with Gasteiger partial charge in [-0.3, -0.25) is 0 Å². The van der Waals surface area contributed by atoms with Crippen LogP contribution in [0.1, 0.15) is 0 Å². The van der Waals surface area contributed by atoms with E-state index in [1.807, 2.05) is 0 Å². The first kappa shape index (κ1) is 31.7. The van der Waals surface area contributed by atoms with Crippen molar-refractivity contribution in [1.29, 1.82) is 0 Å². The molecule has 0 bridgehead atoms. The normalized spacial score (nSPS) is 0. The van der Waals surface area contributed by atoms with Gasteiger partial charge in [-0.1, -0.05) is 0 Å². The molecule has 0 rings (SSSR count). The minimum atomic E-state index is 0. The van der Waals surface area contributed by atoms with Crippen LogP contribution in [0.4, 0.5) is 0 Å². The molecule has 0 saturated carbocycles. The van der Waals surface area contributed by atoms with Gasteiger partial charge in [0, 0.05) is 45.6 Å². The van der Waals surface area contributed by atoms with Crippen molar-refractivity contribution >= 4 is 72.9 Å². The van der Waals surface area contributed by atoms with Crippen molar-refractivity contribution in [3.63, 3.8) is 0 Å². The van der Waals surface area contributed by atoms with Crippen molar-refractivity contribution in [3.05, 3.63) is 0 Å². The van der Waals surface area contributed by atoms with Crippen LogP contribution >= 0.6 is 9.90 Å². The summed E-state index contributed by atoms with van der Waals surface area (Å²) in [5, 5.41) is 0. The van der Waals surface area contributed by atoms with Gasteiger partial charge in [0.1, 0.15) is 0 Å². The Morgan fingerprint density at radius 1 is 1.00 bits per heavy atom. The smallest absolute Gasteiger partial charge is 3.00 e. The fourth-order valence-electron chi connectivity index (χ4n) is 0. The summed E-state index contributed by atoms with van der Waals surface area (Å²) in [6, 6.07) is 0. The maximum Gasteiger partial charge on any atom is 3.00 e. The van der Waals surface area contributed by atoms with E-state index in [2.05, 4.69) is 0 Å². The predicted molar refractivity (Wildman–Crippen MR) is 24.2 cm³/mol. The zero-order valence-electron chi connectivity index (χ0n) is 2.18. The SMILES string of the molecule is [Al+3].[Ga].[In].[P-3]. The minimum absolute atomic E-state index is 0. The van der Waals surface area contributed by atoms with Gasteiger partial charge in [-0.25, -0.2) is 0 Å². The second kappa shape index (κ2) is 17.9. The third-order valence-corrected chi connectivity index (χ3v) is 0. The maximum absolute atomic E-state index is 0. The zero-order chi connectivity index (χ0) is 0. The van der Waals surface area contributed by atoms with Gasteiger partial charge in [-0.05, 0) is 0 Å². The van der Waals surface area contributed by atoms with Gasteiger partial charge in [0.15, 0.2) is 0 Å². The van der Waals surface area contributed by atoms with E-state index in [0.717, 1.165) is 0 Å². The standard InChI is InChI=1S/Al.Ga.In.P/q+3;;;-3. The third-order valence-electron chi connectivity index (χ3n) is 0. The molecular weight excluding hydrogens is 242 g/mol. The summed E-state index contributed by atoms with van der Waals surface area (Å²) in [5.41, 5.74) is 0. The topological polar surface area (TPSA) is 0 Å². The Bertz CT molecular complexity index is 8.00. The van der Waals surface area contributed by atoms with Crippen LogP contribution in [0.3, 0.4) is 0 Å². The van der Waals surface area contributed by atoms with Crippen LogP contribution in [-0.2, 0) is 0 Å². The van der Waals surface area contributed by atoms with Crippen molar-refractivity contribution in [2.24, 2.45) is 0 Å². The van der Waals surface area contributed by atoms with Gasteiger partial charge in [-0.15, -0.1) is 0 Å². The Balaban J connectivity index is 0. The molecule has 0 atom stereocenters. The Hall–Kier alpha value is 2.47. The summed E-state index contributed by atoms with van der Waals surface area (Å²) in [6.45, 7) is 0. The summed E-state index contributed by atoms with van der Waals surface area (Å²) >= 11 is 0. The molecule has 0 aromatic heterocycles. The molecule has 0 unspecified atom stereocenters. The van der Waals surface area contributed by atoms with Crippen molar-refractivity contribution in [2.45, 2.75) is 0 Å². The first-order valence-electron chi connectivity index (χ1n) is 0. The predicted octanol–water partition coefficient (Wildman–Crippen LogP) is -0.281. The van der Waals surface area contributed by atoms with Crippen LogP contribution in [0.15, 0.2) is 0 Å². The largest absolute Gasteiger partial charge is 3.00 e. The van der Waals surface area contributed by atoms with E-state index in [0.29, 0.717) is 0 Å². The van der Waals surface area contributed by atoms with Gasteiger partial charge in [0.05, 0.1) is 0 Å². The van der Waals surface area contributed by atoms with Gasteiger partial charge >= 0.3 is 17.4 Å². The molecule has 0 spiro atoms. The number of hydrogen-bond donors (Lipinski definition) is 0. The van der Waals surface area contributed by atoms with E-state index in [4.69, 9.17) is 0 Å². The van der Waals surface area contributed by atoms with E-state index < -0.39 is 0 Å². The van der Waals surface area contributed by atoms with Crippen LogP contribution in [0, 0.1) is 0 Å². The van der Waals surface area contributed by atoms with Gasteiger partial charge < -0.3 is 9.90 Å². The zero-order valence-corrected chi connectivity index (χ0v) is 9.95. The van der Waals surface area contributed by atoms with E-state index in [1.54, 1.807) is 0 Å². The molecule has 0 aromatic rings. The summed E-state index contributed by atoms with van der Waals surface area (Å²) in [6.07, 6.45) is 0. The Kier molecular flexibility index (Phi) is 142. The second-order valence-electron chi connectivity index (χ2n) is 0. The van der Waals surface area contributed by atoms with Gasteiger partial charge in [0.25, 0.3) is 0 Å². The van der Waals surface area contributed by atoms with Crippen molar-refractivity contribution < 1.29 is 0 Å². The van der Waals surface area contributed by atoms with Crippen molar-refractivity contribution in [3.8, 4) is 0 Å². The summed E-state index contributed by atoms with van der Waals surface area (Å²) in [5.74, 6) is 0. The molecule has 14 valence electrons. The molecule has 0 aliphatic carbocycles. The summed E-state index contributed by atoms with van der Waals surface area (Å²) in [7, 11) is 0. The molecule has 0 saturated heterocycles. The van der Waals surface area contributed by atoms with E-state index >= 15 is 0 Å². The van der Waals surface area contributed by atoms with E-state index in [1.165, 1.54) is 0 Å². The molecule has 0 aliphatic rings. The first-order chi connectivity index (χ1) is 0. The molecule has 6 radical (unpaired) electrons. The quantitative estimate of drug-likeness (QED) is 0.405. The molecule has 0 N–H and O–H groups in total. The molecule has 0 aliphatic heterocycles. The molecular formula is AlGaInP. The maximum atomic E-state index is 0. The number of rotatable bonds is 0. The number of hydrogen-bond acceptors (Lipinski definition) is 0. The average molecular weight is 242 g/mol. The van der Waals surface area contributed by atoms with E-state index in [9.17, 15) is 0 Å². The second-order valence-corrected chi connectivity index (χ2v) is 0. The van der Waals surface area contributed by atoms with Crippen LogP contribution in [0.25, 0.3) is 0 Å². The van der Waals surface area contributed by atoms with Crippen molar-refractivity contribution in [1.82, 2.24) is 0 Å². The molecule has 0 aromatic carbocycles. The summed E-state index contributed by atoms with van der Waals surface area (Å²) in [4.78, 5) is 0. The van der Waals surface area contributed by atoms with Crippen molar-refractivity contribution in [2.75, 3.05) is 0 Å². The third kappa shape index (κ3) is 8.82. The fraction of sp³-hybridized carbons (Fsp3) is 0. The Labute approximate surface area is 72.1 Å². The summed E-state index contributed by atoms with van der Waals surface area (Å²) < 4.78 is 0. The molecule has 4 heavy (non-hydrogen) atoms. The molecule has 0 heterocycles. The van der Waals surface area contributed by atoms with Crippen LogP contribution in [0.5, 0.6) is 0 Å². The molecule has 0 fully saturated rings. The monoisotopic (exact) mass is 242 g/mol. The molecule has 4 heteroatoms. The van der Waals surface area contributed by atoms with Gasteiger partial charge in [0.2, 0.25) is 0 Å². The van der Waals surface area contributed by atoms with Gasteiger partial charge in [-0.2, -0.15) is 0 Å². The van der Waals surface area contributed by atoms with Crippen LogP contribution < -0.4 is 0 Å². The Morgan fingerprint density at radius 3 is 1.00 bits per heavy atom. The Morgan fingerprint density at radius 2 is 1.00 bits per heavy atom. The fourth-order valence-corrected chi connectivity index (χ4v) is 0. The van der Waals surface area contributed by atoms with E-state index in [-0.39, 0.29) is 72.9 Å². The van der Waals surface area contributed by atoms with Crippen LogP contribution in [0.2, 0.25) is 0 Å².